The van der Waals surface area contributed by atoms with Gasteiger partial charge in [0, 0.05) is 5.54 Å². The van der Waals surface area contributed by atoms with Gasteiger partial charge in [-0.1, -0.05) is 27.7 Å². The van der Waals surface area contributed by atoms with Crippen molar-refractivity contribution in [1.82, 2.24) is 5.32 Å². The molecule has 3 N–H and O–H groups in total. The highest BCUT2D eigenvalue weighted by atomic mass is 16.4. The Hall–Kier alpha value is -0.610. The molecule has 4 heteroatoms. The van der Waals surface area contributed by atoms with Crippen molar-refractivity contribution >= 4 is 5.97 Å². The molecule has 0 saturated carbocycles. The Morgan fingerprint density at radius 2 is 1.67 bits per heavy atom. The van der Waals surface area contributed by atoms with Crippen LogP contribution in [-0.2, 0) is 4.79 Å². The van der Waals surface area contributed by atoms with Crippen molar-refractivity contribution in [2.75, 3.05) is 0 Å². The lowest BCUT2D eigenvalue weighted by atomic mass is 9.85. The molecule has 108 valence electrons. The van der Waals surface area contributed by atoms with Gasteiger partial charge in [-0.3, -0.25) is 10.1 Å². The Bertz CT molecular complexity index is 269. The van der Waals surface area contributed by atoms with Crippen molar-refractivity contribution in [2.45, 2.75) is 78.5 Å². The van der Waals surface area contributed by atoms with E-state index >= 15 is 0 Å². The average molecular weight is 259 g/mol. The van der Waals surface area contributed by atoms with Gasteiger partial charge in [-0.25, -0.2) is 0 Å². The molecule has 0 radical (unpaired) electrons. The van der Waals surface area contributed by atoms with Crippen molar-refractivity contribution in [2.24, 2.45) is 5.41 Å². The van der Waals surface area contributed by atoms with Crippen LogP contribution in [0.2, 0.25) is 0 Å². The molecule has 4 nitrogen and oxygen atoms in total. The van der Waals surface area contributed by atoms with Crippen LogP contribution in [0.4, 0.5) is 0 Å². The first-order valence-corrected chi connectivity index (χ1v) is 6.68. The minimum Gasteiger partial charge on any atom is -0.480 e. The summed E-state index contributed by atoms with van der Waals surface area (Å²) in [6.07, 6.45) is 1.31. The lowest BCUT2D eigenvalue weighted by Crippen LogP contribution is -2.49. The summed E-state index contributed by atoms with van der Waals surface area (Å²) in [5.74, 6) is -0.849. The van der Waals surface area contributed by atoms with Crippen LogP contribution >= 0.6 is 0 Å². The van der Waals surface area contributed by atoms with Crippen LogP contribution in [0.5, 0.6) is 0 Å². The summed E-state index contributed by atoms with van der Waals surface area (Å²) in [7, 11) is 0. The highest BCUT2D eigenvalue weighted by Gasteiger charge is 2.28. The maximum atomic E-state index is 11.2. The minimum absolute atomic E-state index is 0.199. The lowest BCUT2D eigenvalue weighted by Gasteiger charge is -2.31. The van der Waals surface area contributed by atoms with E-state index in [1.807, 2.05) is 41.5 Å². The Labute approximate surface area is 111 Å². The van der Waals surface area contributed by atoms with Crippen molar-refractivity contribution in [3.05, 3.63) is 0 Å². The van der Waals surface area contributed by atoms with E-state index in [4.69, 9.17) is 0 Å². The molecule has 0 rings (SSSR count). The molecule has 0 aromatic heterocycles. The van der Waals surface area contributed by atoms with Gasteiger partial charge in [-0.15, -0.1) is 0 Å². The molecule has 2 atom stereocenters. The number of aliphatic hydroxyl groups is 1. The second kappa shape index (κ2) is 6.53. The lowest BCUT2D eigenvalue weighted by molar-refractivity contribution is -0.140. The molecular formula is C14H29NO3. The summed E-state index contributed by atoms with van der Waals surface area (Å²) in [6, 6.07) is -0.600. The molecule has 0 saturated heterocycles. The van der Waals surface area contributed by atoms with E-state index in [9.17, 15) is 15.0 Å². The smallest absolute Gasteiger partial charge is 0.320 e. The van der Waals surface area contributed by atoms with E-state index in [0.717, 1.165) is 6.42 Å². The van der Waals surface area contributed by atoms with Crippen LogP contribution < -0.4 is 5.32 Å². The Morgan fingerprint density at radius 1 is 1.17 bits per heavy atom. The van der Waals surface area contributed by atoms with Gasteiger partial charge < -0.3 is 10.2 Å². The van der Waals surface area contributed by atoms with Gasteiger partial charge in [0.25, 0.3) is 0 Å². The van der Waals surface area contributed by atoms with Crippen LogP contribution in [0, 0.1) is 5.41 Å². The maximum absolute atomic E-state index is 11.2. The molecule has 0 spiro atoms. The van der Waals surface area contributed by atoms with E-state index in [2.05, 4.69) is 5.32 Å². The SMILES string of the molecule is CCC(C)(C)NC(CCC(O)C(C)(C)C)C(=O)O. The first kappa shape index (κ1) is 17.4. The molecule has 0 bridgehead atoms. The predicted molar refractivity (Wildman–Crippen MR) is 73.6 cm³/mol. The molecule has 18 heavy (non-hydrogen) atoms. The van der Waals surface area contributed by atoms with Gasteiger partial charge in [0.2, 0.25) is 0 Å². The fourth-order valence-corrected chi connectivity index (χ4v) is 1.59. The minimum atomic E-state index is -0.849. The Balaban J connectivity index is 4.44. The third kappa shape index (κ3) is 6.36. The van der Waals surface area contributed by atoms with Crippen molar-refractivity contribution < 1.29 is 15.0 Å². The molecular weight excluding hydrogens is 230 g/mol. The molecule has 0 aromatic carbocycles. The van der Waals surface area contributed by atoms with Gasteiger partial charge >= 0.3 is 5.97 Å². The molecule has 2 unspecified atom stereocenters. The van der Waals surface area contributed by atoms with Crippen LogP contribution in [0.15, 0.2) is 0 Å². The van der Waals surface area contributed by atoms with E-state index in [1.165, 1.54) is 0 Å². The van der Waals surface area contributed by atoms with Crippen LogP contribution in [0.1, 0.15) is 60.8 Å². The fraction of sp³-hybridized carbons (Fsp3) is 0.929. The normalized spacial score (nSPS) is 16.4. The number of carboxylic acid groups (broad SMARTS) is 1. The summed E-state index contributed by atoms with van der Waals surface area (Å²) in [5.41, 5.74) is -0.404. The van der Waals surface area contributed by atoms with Gasteiger partial charge in [0.15, 0.2) is 0 Å². The number of hydrogen-bond donors (Lipinski definition) is 3. The van der Waals surface area contributed by atoms with Gasteiger partial charge in [-0.05, 0) is 38.5 Å². The number of hydrogen-bond acceptors (Lipinski definition) is 3. The van der Waals surface area contributed by atoms with Crippen molar-refractivity contribution in [3.63, 3.8) is 0 Å². The summed E-state index contributed by atoms with van der Waals surface area (Å²) >= 11 is 0. The second-order valence-corrected chi connectivity index (χ2v) is 6.73. The van der Waals surface area contributed by atoms with Crippen molar-refractivity contribution in [3.8, 4) is 0 Å². The topological polar surface area (TPSA) is 69.6 Å². The standard InChI is InChI=1S/C14H29NO3/c1-7-14(5,6)15-10(12(17)18)8-9-11(16)13(2,3)4/h10-11,15-16H,7-9H2,1-6H3,(H,17,18). The zero-order valence-electron chi connectivity index (χ0n) is 12.6. The average Bonchev–Trinajstić information content (AvgIpc) is 2.21. The van der Waals surface area contributed by atoms with Crippen LogP contribution in [-0.4, -0.2) is 33.9 Å². The molecule has 0 aromatic rings. The summed E-state index contributed by atoms with van der Waals surface area (Å²) < 4.78 is 0. The monoisotopic (exact) mass is 259 g/mol. The number of rotatable bonds is 7. The number of aliphatic hydroxyl groups excluding tert-OH is 1. The summed E-state index contributed by atoms with van der Waals surface area (Å²) in [4.78, 5) is 11.2. The predicted octanol–water partition coefficient (Wildman–Crippen LogP) is 2.40. The number of nitrogens with one attached hydrogen (secondary N) is 1. The zero-order chi connectivity index (χ0) is 14.6. The molecule has 0 aliphatic carbocycles. The quantitative estimate of drug-likeness (QED) is 0.656. The molecule has 0 aliphatic rings. The third-order valence-corrected chi connectivity index (χ3v) is 3.48. The summed E-state index contributed by atoms with van der Waals surface area (Å²) in [5, 5.41) is 22.3. The van der Waals surface area contributed by atoms with E-state index in [0.29, 0.717) is 12.8 Å². The number of carbonyl (C=O) groups is 1. The summed E-state index contributed by atoms with van der Waals surface area (Å²) in [6.45, 7) is 11.9. The van der Waals surface area contributed by atoms with Gasteiger partial charge in [-0.2, -0.15) is 0 Å². The van der Waals surface area contributed by atoms with Crippen LogP contribution in [0.3, 0.4) is 0 Å². The van der Waals surface area contributed by atoms with Crippen LogP contribution in [0.25, 0.3) is 0 Å². The third-order valence-electron chi connectivity index (χ3n) is 3.48. The van der Waals surface area contributed by atoms with Gasteiger partial charge in [0.05, 0.1) is 6.10 Å². The molecule has 0 fully saturated rings. The van der Waals surface area contributed by atoms with E-state index < -0.39 is 18.1 Å². The second-order valence-electron chi connectivity index (χ2n) is 6.73. The molecule has 0 aliphatic heterocycles. The Morgan fingerprint density at radius 3 is 2.00 bits per heavy atom. The number of aliphatic carboxylic acids is 1. The first-order chi connectivity index (χ1) is 7.99. The fourth-order valence-electron chi connectivity index (χ4n) is 1.59. The maximum Gasteiger partial charge on any atom is 0.320 e. The Kier molecular flexibility index (Phi) is 6.30. The largest absolute Gasteiger partial charge is 0.480 e. The first-order valence-electron chi connectivity index (χ1n) is 6.68. The highest BCUT2D eigenvalue weighted by Crippen LogP contribution is 2.23. The van der Waals surface area contributed by atoms with Crippen molar-refractivity contribution in [1.29, 1.82) is 0 Å². The zero-order valence-corrected chi connectivity index (χ0v) is 12.6. The molecule has 0 amide bonds. The van der Waals surface area contributed by atoms with E-state index in [-0.39, 0.29) is 11.0 Å². The van der Waals surface area contributed by atoms with E-state index in [1.54, 1.807) is 0 Å². The molecule has 0 heterocycles. The van der Waals surface area contributed by atoms with Gasteiger partial charge in [0.1, 0.15) is 6.04 Å². The number of carboxylic acids is 1. The highest BCUT2D eigenvalue weighted by molar-refractivity contribution is 5.73.